The van der Waals surface area contributed by atoms with Gasteiger partial charge in [0.05, 0.1) is 6.54 Å². The second kappa shape index (κ2) is 5.93. The van der Waals surface area contributed by atoms with E-state index in [4.69, 9.17) is 5.73 Å². The van der Waals surface area contributed by atoms with Crippen molar-refractivity contribution in [3.05, 3.63) is 30.3 Å². The third-order valence-corrected chi connectivity index (χ3v) is 3.84. The molecule has 21 heavy (non-hydrogen) atoms. The van der Waals surface area contributed by atoms with Gasteiger partial charge >= 0.3 is 6.18 Å². The van der Waals surface area contributed by atoms with Gasteiger partial charge in [-0.2, -0.15) is 13.2 Å². The Hall–Kier alpha value is -1.76. The fraction of sp³-hybridized carbons (Fsp3) is 0.500. The van der Waals surface area contributed by atoms with E-state index in [2.05, 4.69) is 5.32 Å². The Morgan fingerprint density at radius 1 is 1.24 bits per heavy atom. The Balaban J connectivity index is 2.02. The highest BCUT2D eigenvalue weighted by molar-refractivity contribution is 5.85. The second-order valence-electron chi connectivity index (χ2n) is 5.24. The molecular formula is C14H18F3N3O. The number of hydrogen-bond donors (Lipinski definition) is 2. The molecule has 7 heteroatoms. The molecule has 0 aromatic heterocycles. The van der Waals surface area contributed by atoms with Gasteiger partial charge in [-0.15, -0.1) is 0 Å². The molecule has 0 radical (unpaired) electrons. The number of rotatable bonds is 4. The van der Waals surface area contributed by atoms with Gasteiger partial charge in [0.1, 0.15) is 5.54 Å². The highest BCUT2D eigenvalue weighted by Crippen LogP contribution is 2.27. The molecule has 1 fully saturated rings. The lowest BCUT2D eigenvalue weighted by Crippen LogP contribution is -2.62. The van der Waals surface area contributed by atoms with Crippen molar-refractivity contribution in [2.24, 2.45) is 5.73 Å². The van der Waals surface area contributed by atoms with Gasteiger partial charge in [0.15, 0.2) is 0 Å². The van der Waals surface area contributed by atoms with Crippen molar-refractivity contribution in [2.45, 2.75) is 24.6 Å². The van der Waals surface area contributed by atoms with Crippen LogP contribution in [0.25, 0.3) is 0 Å². The lowest BCUT2D eigenvalue weighted by atomic mass is 9.86. The van der Waals surface area contributed by atoms with Crippen LogP contribution >= 0.6 is 0 Å². The smallest absolute Gasteiger partial charge is 0.371 e. The molecule has 1 saturated heterocycles. The van der Waals surface area contributed by atoms with Gasteiger partial charge in [0, 0.05) is 18.8 Å². The number of anilines is 1. The van der Waals surface area contributed by atoms with Crippen LogP contribution in [0.3, 0.4) is 0 Å². The number of piperidine rings is 1. The summed E-state index contributed by atoms with van der Waals surface area (Å²) in [6.45, 7) is -0.239. The summed E-state index contributed by atoms with van der Waals surface area (Å²) in [5, 5.41) is 2.32. The van der Waals surface area contributed by atoms with E-state index in [9.17, 15) is 18.0 Å². The number of halogens is 3. The first-order valence-corrected chi connectivity index (χ1v) is 6.74. The zero-order chi connectivity index (χ0) is 15.5. The highest BCUT2D eigenvalue weighted by atomic mass is 19.4. The van der Waals surface area contributed by atoms with Gasteiger partial charge in [0.25, 0.3) is 0 Å². The Bertz CT molecular complexity index is 482. The number of para-hydroxylation sites is 1. The largest absolute Gasteiger partial charge is 0.401 e. The molecule has 1 aromatic carbocycles. The Morgan fingerprint density at radius 2 is 1.81 bits per heavy atom. The summed E-state index contributed by atoms with van der Waals surface area (Å²) >= 11 is 0. The summed E-state index contributed by atoms with van der Waals surface area (Å²) in [4.78, 5) is 13.6. The Kier molecular flexibility index (Phi) is 4.41. The molecule has 0 aliphatic carbocycles. The Labute approximate surface area is 121 Å². The normalized spacial score (nSPS) is 18.5. The molecule has 0 saturated carbocycles. The molecule has 0 bridgehead atoms. The number of nitrogens with one attached hydrogen (secondary N) is 1. The number of alkyl halides is 3. The average molecular weight is 301 g/mol. The van der Waals surface area contributed by atoms with Crippen molar-refractivity contribution >= 4 is 11.6 Å². The number of primary amides is 1. The summed E-state index contributed by atoms with van der Waals surface area (Å²) in [5.74, 6) is -0.723. The predicted molar refractivity (Wildman–Crippen MR) is 73.9 cm³/mol. The quantitative estimate of drug-likeness (QED) is 0.889. The third-order valence-electron chi connectivity index (χ3n) is 3.84. The van der Waals surface area contributed by atoms with Crippen LogP contribution in [0, 0.1) is 0 Å². The maximum atomic E-state index is 12.4. The molecule has 1 heterocycles. The minimum Gasteiger partial charge on any atom is -0.371 e. The van der Waals surface area contributed by atoms with Gasteiger partial charge in [0.2, 0.25) is 5.91 Å². The van der Waals surface area contributed by atoms with Crippen LogP contribution in [0.15, 0.2) is 30.3 Å². The van der Waals surface area contributed by atoms with E-state index >= 15 is 0 Å². The molecule has 0 spiro atoms. The van der Waals surface area contributed by atoms with Crippen LogP contribution in [-0.4, -0.2) is 37.3 Å². The maximum Gasteiger partial charge on any atom is 0.401 e. The minimum absolute atomic E-state index is 0.257. The number of carbonyl (C=O) groups is 1. The number of amides is 1. The summed E-state index contributed by atoms with van der Waals surface area (Å²) in [7, 11) is 0. The third kappa shape index (κ3) is 3.87. The second-order valence-corrected chi connectivity index (χ2v) is 5.24. The molecule has 3 N–H and O–H groups in total. The van der Waals surface area contributed by atoms with E-state index in [0.29, 0.717) is 13.1 Å². The van der Waals surface area contributed by atoms with Crippen LogP contribution in [0.1, 0.15) is 12.8 Å². The molecule has 1 aliphatic rings. The summed E-state index contributed by atoms with van der Waals surface area (Å²) in [6.07, 6.45) is -3.85. The van der Waals surface area contributed by atoms with Crippen molar-refractivity contribution in [2.75, 3.05) is 24.5 Å². The van der Waals surface area contributed by atoms with Gasteiger partial charge in [-0.1, -0.05) is 18.2 Å². The van der Waals surface area contributed by atoms with Gasteiger partial charge in [-0.25, -0.2) is 0 Å². The summed E-state index contributed by atoms with van der Waals surface area (Å²) < 4.78 is 37.1. The first kappa shape index (κ1) is 15.6. The molecule has 1 amide bonds. The van der Waals surface area contributed by atoms with Crippen molar-refractivity contribution in [1.82, 2.24) is 5.32 Å². The first-order chi connectivity index (χ1) is 9.82. The van der Waals surface area contributed by atoms with E-state index in [1.54, 1.807) is 0 Å². The van der Waals surface area contributed by atoms with E-state index in [-0.39, 0.29) is 12.8 Å². The van der Waals surface area contributed by atoms with Crippen molar-refractivity contribution in [3.63, 3.8) is 0 Å². The number of nitrogens with two attached hydrogens (primary N) is 1. The molecule has 2 rings (SSSR count). The lowest BCUT2D eigenvalue weighted by Gasteiger charge is -2.41. The molecule has 1 aliphatic heterocycles. The maximum absolute atomic E-state index is 12.4. The van der Waals surface area contributed by atoms with Crippen LogP contribution in [0.2, 0.25) is 0 Å². The first-order valence-electron chi connectivity index (χ1n) is 6.74. The number of carbonyl (C=O) groups excluding carboxylic acids is 1. The topological polar surface area (TPSA) is 58.4 Å². The SMILES string of the molecule is NC(=O)C1(NCC(F)(F)F)CCN(c2ccccc2)CC1. The average Bonchev–Trinajstić information content (AvgIpc) is 2.46. The fourth-order valence-electron chi connectivity index (χ4n) is 2.57. The number of nitrogens with zero attached hydrogens (tertiary/aromatic N) is 1. The lowest BCUT2D eigenvalue weighted by molar-refractivity contribution is -0.137. The van der Waals surface area contributed by atoms with Gasteiger partial charge in [-0.3, -0.25) is 10.1 Å². The summed E-state index contributed by atoms with van der Waals surface area (Å²) in [5.41, 5.74) is 5.04. The molecule has 4 nitrogen and oxygen atoms in total. The van der Waals surface area contributed by atoms with Crippen LogP contribution < -0.4 is 16.0 Å². The standard InChI is InChI=1S/C14H18F3N3O/c15-14(16,17)10-19-13(12(18)21)6-8-20(9-7-13)11-4-2-1-3-5-11/h1-5,19H,6-10H2,(H2,18,21). The monoisotopic (exact) mass is 301 g/mol. The molecule has 0 atom stereocenters. The number of hydrogen-bond acceptors (Lipinski definition) is 3. The fourth-order valence-corrected chi connectivity index (χ4v) is 2.57. The molecule has 1 aromatic rings. The molecule has 0 unspecified atom stereocenters. The van der Waals surface area contributed by atoms with E-state index in [1.807, 2.05) is 35.2 Å². The zero-order valence-corrected chi connectivity index (χ0v) is 11.5. The molecular weight excluding hydrogens is 283 g/mol. The zero-order valence-electron chi connectivity index (χ0n) is 11.5. The van der Waals surface area contributed by atoms with E-state index in [1.165, 1.54) is 0 Å². The van der Waals surface area contributed by atoms with Crippen LogP contribution in [0.5, 0.6) is 0 Å². The predicted octanol–water partition coefficient (Wildman–Crippen LogP) is 1.66. The highest BCUT2D eigenvalue weighted by Gasteiger charge is 2.42. The number of benzene rings is 1. The van der Waals surface area contributed by atoms with E-state index in [0.717, 1.165) is 5.69 Å². The van der Waals surface area contributed by atoms with Crippen molar-refractivity contribution in [3.8, 4) is 0 Å². The van der Waals surface area contributed by atoms with Crippen LogP contribution in [0.4, 0.5) is 18.9 Å². The minimum atomic E-state index is -4.36. The Morgan fingerprint density at radius 3 is 2.29 bits per heavy atom. The van der Waals surface area contributed by atoms with Crippen molar-refractivity contribution in [1.29, 1.82) is 0 Å². The summed E-state index contributed by atoms with van der Waals surface area (Å²) in [6, 6.07) is 9.55. The van der Waals surface area contributed by atoms with Gasteiger partial charge in [-0.05, 0) is 25.0 Å². The van der Waals surface area contributed by atoms with Gasteiger partial charge < -0.3 is 10.6 Å². The molecule has 116 valence electrons. The van der Waals surface area contributed by atoms with Crippen molar-refractivity contribution < 1.29 is 18.0 Å². The van der Waals surface area contributed by atoms with E-state index < -0.39 is 24.2 Å². The van der Waals surface area contributed by atoms with Crippen LogP contribution in [-0.2, 0) is 4.79 Å².